The molecule has 7 rings (SSSR count). The molecule has 8 heteroatoms. The predicted octanol–water partition coefficient (Wildman–Crippen LogP) is 8.15. The van der Waals surface area contributed by atoms with Crippen molar-refractivity contribution in [3.05, 3.63) is 126 Å². The van der Waals surface area contributed by atoms with Gasteiger partial charge in [-0.1, -0.05) is 24.3 Å². The van der Waals surface area contributed by atoms with E-state index in [0.29, 0.717) is 16.4 Å². The van der Waals surface area contributed by atoms with E-state index in [4.69, 9.17) is 4.74 Å². The van der Waals surface area contributed by atoms with Crippen LogP contribution < -0.4 is 4.74 Å². The van der Waals surface area contributed by atoms with Gasteiger partial charge in [-0.25, -0.2) is 18.1 Å². The molecule has 0 saturated heterocycles. The van der Waals surface area contributed by atoms with E-state index in [1.807, 2.05) is 68.7 Å². The van der Waals surface area contributed by atoms with Crippen molar-refractivity contribution in [1.82, 2.24) is 19.3 Å². The van der Waals surface area contributed by atoms with E-state index in [0.717, 1.165) is 61.1 Å². The average molecular weight is 599 g/mol. The van der Waals surface area contributed by atoms with E-state index in [9.17, 15) is 8.42 Å². The average Bonchev–Trinajstić information content (AvgIpc) is 3.59. The van der Waals surface area contributed by atoms with Gasteiger partial charge >= 0.3 is 0 Å². The summed E-state index contributed by atoms with van der Waals surface area (Å²) in [5.41, 5.74) is 7.75. The minimum atomic E-state index is -3.29. The highest BCUT2D eigenvalue weighted by molar-refractivity contribution is 7.90. The van der Waals surface area contributed by atoms with E-state index in [1.54, 1.807) is 23.0 Å². The monoisotopic (exact) mass is 598 g/mol. The first-order valence-electron chi connectivity index (χ1n) is 14.3. The topological polar surface area (TPSA) is 79.0 Å². The summed E-state index contributed by atoms with van der Waals surface area (Å²) < 4.78 is 34.6. The molecule has 4 aromatic carbocycles. The van der Waals surface area contributed by atoms with Crippen molar-refractivity contribution >= 4 is 31.6 Å². The molecule has 0 bridgehead atoms. The Hall–Kier alpha value is -5.21. The molecule has 0 radical (unpaired) electrons. The molecule has 7 aromatic rings. The van der Waals surface area contributed by atoms with Crippen molar-refractivity contribution in [1.29, 1.82) is 0 Å². The zero-order valence-corrected chi connectivity index (χ0v) is 25.6. The number of ether oxygens (including phenoxy) is 1. The summed E-state index contributed by atoms with van der Waals surface area (Å²) in [6.45, 7) is 5.92. The molecule has 0 aliphatic rings. The summed E-state index contributed by atoms with van der Waals surface area (Å²) in [6, 6.07) is 29.8. The predicted molar refractivity (Wildman–Crippen MR) is 175 cm³/mol. The highest BCUT2D eigenvalue weighted by Crippen LogP contribution is 2.35. The molecule has 3 aromatic heterocycles. The van der Waals surface area contributed by atoms with Crippen LogP contribution in [0.3, 0.4) is 0 Å². The van der Waals surface area contributed by atoms with Crippen molar-refractivity contribution in [2.24, 2.45) is 0 Å². The SMILES string of the molecule is Cc1ccnc(-n2c3ccccc3c3ccc(Oc4cccc(-n5cc(-c6c(C)cc(S(C)(=O)=O)cc6C)cn5)c4)cc32)c1. The summed E-state index contributed by atoms with van der Waals surface area (Å²) in [6.07, 6.45) is 6.82. The fourth-order valence-electron chi connectivity index (χ4n) is 5.92. The summed E-state index contributed by atoms with van der Waals surface area (Å²) in [5.74, 6) is 2.26. The first-order chi connectivity index (χ1) is 21.2. The van der Waals surface area contributed by atoms with E-state index >= 15 is 0 Å². The molecule has 0 saturated carbocycles. The molecule has 44 heavy (non-hydrogen) atoms. The van der Waals surface area contributed by atoms with Gasteiger partial charge in [-0.15, -0.1) is 0 Å². The minimum Gasteiger partial charge on any atom is -0.457 e. The van der Waals surface area contributed by atoms with Crippen molar-refractivity contribution < 1.29 is 13.2 Å². The molecular weight excluding hydrogens is 568 g/mol. The molecule has 0 aliphatic carbocycles. The van der Waals surface area contributed by atoms with Crippen molar-refractivity contribution in [3.8, 4) is 34.1 Å². The first-order valence-corrected chi connectivity index (χ1v) is 16.2. The minimum absolute atomic E-state index is 0.321. The van der Waals surface area contributed by atoms with E-state index in [2.05, 4.69) is 58.0 Å². The Kier molecular flexibility index (Phi) is 6.59. The molecule has 0 aliphatic heterocycles. The number of aromatic nitrogens is 4. The maximum absolute atomic E-state index is 12.1. The molecular formula is C36H30N4O3S. The summed E-state index contributed by atoms with van der Waals surface area (Å²) in [4.78, 5) is 5.00. The number of para-hydroxylation sites is 1. The summed E-state index contributed by atoms with van der Waals surface area (Å²) in [7, 11) is -3.29. The van der Waals surface area contributed by atoms with Crippen LogP contribution in [-0.4, -0.2) is 34.0 Å². The molecule has 0 atom stereocenters. The first kappa shape index (κ1) is 27.6. The molecule has 218 valence electrons. The maximum Gasteiger partial charge on any atom is 0.175 e. The number of benzene rings is 4. The molecule has 0 N–H and O–H groups in total. The van der Waals surface area contributed by atoms with Crippen molar-refractivity contribution in [2.75, 3.05) is 6.26 Å². The Balaban J connectivity index is 1.23. The number of hydrogen-bond acceptors (Lipinski definition) is 5. The van der Waals surface area contributed by atoms with Crippen LogP contribution in [0.2, 0.25) is 0 Å². The Morgan fingerprint density at radius 1 is 0.750 bits per heavy atom. The normalized spacial score (nSPS) is 11.8. The molecule has 0 fully saturated rings. The number of rotatable bonds is 6. The zero-order chi connectivity index (χ0) is 30.6. The van der Waals surface area contributed by atoms with Gasteiger partial charge in [0.25, 0.3) is 0 Å². The number of hydrogen-bond donors (Lipinski definition) is 0. The maximum atomic E-state index is 12.1. The summed E-state index contributed by atoms with van der Waals surface area (Å²) >= 11 is 0. The van der Waals surface area contributed by atoms with Gasteiger partial charge in [0.2, 0.25) is 0 Å². The second-order valence-electron chi connectivity index (χ2n) is 11.2. The number of fused-ring (bicyclic) bond motifs is 3. The zero-order valence-electron chi connectivity index (χ0n) is 24.8. The van der Waals surface area contributed by atoms with Gasteiger partial charge in [0.15, 0.2) is 9.84 Å². The Bertz CT molecular complexity index is 2310. The van der Waals surface area contributed by atoms with Crippen LogP contribution in [0, 0.1) is 20.8 Å². The van der Waals surface area contributed by atoms with Crippen LogP contribution in [0.25, 0.3) is 44.4 Å². The Morgan fingerprint density at radius 3 is 2.27 bits per heavy atom. The highest BCUT2D eigenvalue weighted by Gasteiger charge is 2.16. The van der Waals surface area contributed by atoms with Crippen LogP contribution in [0.5, 0.6) is 11.5 Å². The lowest BCUT2D eigenvalue weighted by Gasteiger charge is -2.11. The second-order valence-corrected chi connectivity index (χ2v) is 13.2. The van der Waals surface area contributed by atoms with E-state index < -0.39 is 9.84 Å². The lowest BCUT2D eigenvalue weighted by Crippen LogP contribution is -2.00. The van der Waals surface area contributed by atoms with Gasteiger partial charge in [0, 0.05) is 47.1 Å². The van der Waals surface area contributed by atoms with E-state index in [1.165, 1.54) is 6.26 Å². The second kappa shape index (κ2) is 10.5. The lowest BCUT2D eigenvalue weighted by molar-refractivity contribution is 0.483. The van der Waals surface area contributed by atoms with Crippen LogP contribution in [0.4, 0.5) is 0 Å². The number of pyridine rings is 1. The Morgan fingerprint density at radius 2 is 1.50 bits per heavy atom. The van der Waals surface area contributed by atoms with Gasteiger partial charge in [-0.05, 0) is 97.6 Å². The third-order valence-electron chi connectivity index (χ3n) is 7.90. The van der Waals surface area contributed by atoms with Gasteiger partial charge in [0.1, 0.15) is 17.3 Å². The lowest BCUT2D eigenvalue weighted by atomic mass is 9.98. The Labute approximate surface area is 255 Å². The molecule has 3 heterocycles. The smallest absolute Gasteiger partial charge is 0.175 e. The van der Waals surface area contributed by atoms with Gasteiger partial charge in [-0.2, -0.15) is 5.10 Å². The molecule has 0 unspecified atom stereocenters. The van der Waals surface area contributed by atoms with Gasteiger partial charge in [-0.3, -0.25) is 4.57 Å². The van der Waals surface area contributed by atoms with Crippen LogP contribution in [0.1, 0.15) is 16.7 Å². The highest BCUT2D eigenvalue weighted by atomic mass is 32.2. The van der Waals surface area contributed by atoms with Crippen molar-refractivity contribution in [2.45, 2.75) is 25.7 Å². The van der Waals surface area contributed by atoms with Crippen LogP contribution in [-0.2, 0) is 9.84 Å². The van der Waals surface area contributed by atoms with Crippen LogP contribution >= 0.6 is 0 Å². The fraction of sp³-hybridized carbons (Fsp3) is 0.111. The molecule has 7 nitrogen and oxygen atoms in total. The summed E-state index contributed by atoms with van der Waals surface area (Å²) in [5, 5.41) is 6.90. The van der Waals surface area contributed by atoms with Gasteiger partial charge in [0.05, 0.1) is 27.8 Å². The fourth-order valence-corrected chi connectivity index (χ4v) is 6.70. The number of sulfone groups is 1. The van der Waals surface area contributed by atoms with Gasteiger partial charge < -0.3 is 4.74 Å². The van der Waals surface area contributed by atoms with Crippen molar-refractivity contribution in [3.63, 3.8) is 0 Å². The molecule has 0 amide bonds. The standard InChI is InChI=1S/C36H30N4O3S/c1-23-14-15-37-35(16-23)40-33-11-6-5-10-31(33)32-13-12-29(20-34(32)40)43-28-9-7-8-27(19-28)39-22-26(21-38-39)36-24(2)17-30(18-25(36)3)44(4,41)42/h5-22H,1-4H3. The third-order valence-corrected chi connectivity index (χ3v) is 8.99. The third kappa shape index (κ3) is 4.93. The number of nitrogens with zero attached hydrogens (tertiary/aromatic N) is 4. The quantitative estimate of drug-likeness (QED) is 0.193. The van der Waals surface area contributed by atoms with Crippen LogP contribution in [0.15, 0.2) is 114 Å². The van der Waals surface area contributed by atoms with E-state index in [-0.39, 0.29) is 0 Å². The number of aryl methyl sites for hydroxylation is 3. The molecule has 0 spiro atoms. The largest absolute Gasteiger partial charge is 0.457 e.